The van der Waals surface area contributed by atoms with Crippen molar-refractivity contribution in [1.29, 1.82) is 0 Å². The molecule has 2 rings (SSSR count). The molecule has 0 aliphatic heterocycles. The topological polar surface area (TPSA) is 38.0 Å². The van der Waals surface area contributed by atoms with E-state index in [1.807, 2.05) is 7.05 Å². The number of rotatable bonds is 4. The lowest BCUT2D eigenvalue weighted by molar-refractivity contribution is 0.870. The van der Waals surface area contributed by atoms with Gasteiger partial charge in [-0.05, 0) is 35.2 Å². The summed E-state index contributed by atoms with van der Waals surface area (Å²) in [5.41, 5.74) is 11.0. The maximum atomic E-state index is 6.28. The van der Waals surface area contributed by atoms with Gasteiger partial charge in [0.05, 0.1) is 6.04 Å². The number of hydrogen-bond acceptors (Lipinski definition) is 2. The fourth-order valence-electron chi connectivity index (χ4n) is 2.01. The average molecular weight is 240 g/mol. The standard InChI is InChI=1S/C16H20N2/c1-3-12-4-6-13(7-5-12)16(17)14-8-10-15(18-2)11-9-14/h4-11,16,18H,3,17H2,1-2H3. The molecule has 2 aromatic carbocycles. The van der Waals surface area contributed by atoms with E-state index in [4.69, 9.17) is 5.73 Å². The third-order valence-electron chi connectivity index (χ3n) is 3.31. The Hall–Kier alpha value is -1.80. The van der Waals surface area contributed by atoms with Crippen molar-refractivity contribution in [2.75, 3.05) is 12.4 Å². The first kappa shape index (κ1) is 12.7. The zero-order valence-electron chi connectivity index (χ0n) is 11.0. The van der Waals surface area contributed by atoms with Crippen LogP contribution in [0.4, 0.5) is 5.69 Å². The molecule has 3 N–H and O–H groups in total. The normalized spacial score (nSPS) is 12.2. The van der Waals surface area contributed by atoms with E-state index in [2.05, 4.69) is 60.8 Å². The predicted octanol–water partition coefficient (Wildman–Crippen LogP) is 3.34. The molecule has 0 radical (unpaired) electrons. The molecule has 0 aliphatic carbocycles. The summed E-state index contributed by atoms with van der Waals surface area (Å²) in [6.07, 6.45) is 1.06. The van der Waals surface area contributed by atoms with Crippen LogP contribution in [0.2, 0.25) is 0 Å². The van der Waals surface area contributed by atoms with Crippen LogP contribution in [0.1, 0.15) is 29.7 Å². The van der Waals surface area contributed by atoms with E-state index in [1.165, 1.54) is 5.56 Å². The zero-order valence-corrected chi connectivity index (χ0v) is 11.0. The van der Waals surface area contributed by atoms with Gasteiger partial charge >= 0.3 is 0 Å². The first-order chi connectivity index (χ1) is 8.74. The van der Waals surface area contributed by atoms with Gasteiger partial charge in [-0.15, -0.1) is 0 Å². The van der Waals surface area contributed by atoms with E-state index in [1.54, 1.807) is 0 Å². The Morgan fingerprint density at radius 1 is 0.944 bits per heavy atom. The molecule has 2 nitrogen and oxygen atoms in total. The lowest BCUT2D eigenvalue weighted by atomic mass is 9.98. The second kappa shape index (κ2) is 5.69. The summed E-state index contributed by atoms with van der Waals surface area (Å²) in [5.74, 6) is 0. The van der Waals surface area contributed by atoms with Gasteiger partial charge in [-0.1, -0.05) is 43.3 Å². The highest BCUT2D eigenvalue weighted by atomic mass is 14.8. The molecule has 0 saturated heterocycles. The molecule has 0 aliphatic rings. The Labute approximate surface area is 109 Å². The van der Waals surface area contributed by atoms with E-state index < -0.39 is 0 Å². The van der Waals surface area contributed by atoms with Crippen molar-refractivity contribution in [2.24, 2.45) is 5.73 Å². The minimum absolute atomic E-state index is 0.0539. The molecule has 18 heavy (non-hydrogen) atoms. The smallest absolute Gasteiger partial charge is 0.0551 e. The van der Waals surface area contributed by atoms with Crippen molar-refractivity contribution < 1.29 is 0 Å². The molecule has 1 atom stereocenters. The molecule has 1 unspecified atom stereocenters. The number of hydrogen-bond donors (Lipinski definition) is 2. The fraction of sp³-hybridized carbons (Fsp3) is 0.250. The summed E-state index contributed by atoms with van der Waals surface area (Å²) >= 11 is 0. The summed E-state index contributed by atoms with van der Waals surface area (Å²) in [6, 6.07) is 16.7. The molecule has 0 bridgehead atoms. The van der Waals surface area contributed by atoms with Gasteiger partial charge in [-0.25, -0.2) is 0 Å². The van der Waals surface area contributed by atoms with Crippen LogP contribution in [-0.2, 0) is 6.42 Å². The quantitative estimate of drug-likeness (QED) is 0.860. The molecule has 2 aromatic rings. The van der Waals surface area contributed by atoms with Gasteiger partial charge in [-0.3, -0.25) is 0 Å². The van der Waals surface area contributed by atoms with E-state index >= 15 is 0 Å². The molecular weight excluding hydrogens is 220 g/mol. The largest absolute Gasteiger partial charge is 0.388 e. The van der Waals surface area contributed by atoms with Gasteiger partial charge < -0.3 is 11.1 Å². The lowest BCUT2D eigenvalue weighted by Gasteiger charge is -2.13. The maximum absolute atomic E-state index is 6.28. The first-order valence-electron chi connectivity index (χ1n) is 6.36. The van der Waals surface area contributed by atoms with Crippen molar-refractivity contribution in [3.63, 3.8) is 0 Å². The monoisotopic (exact) mass is 240 g/mol. The summed E-state index contributed by atoms with van der Waals surface area (Å²) in [4.78, 5) is 0. The van der Waals surface area contributed by atoms with Crippen molar-refractivity contribution in [3.05, 3.63) is 65.2 Å². The van der Waals surface area contributed by atoms with Crippen LogP contribution < -0.4 is 11.1 Å². The van der Waals surface area contributed by atoms with Crippen molar-refractivity contribution in [2.45, 2.75) is 19.4 Å². The van der Waals surface area contributed by atoms with Crippen molar-refractivity contribution in [1.82, 2.24) is 0 Å². The number of nitrogens with two attached hydrogens (primary N) is 1. The molecule has 0 aromatic heterocycles. The highest BCUT2D eigenvalue weighted by Gasteiger charge is 2.08. The summed E-state index contributed by atoms with van der Waals surface area (Å²) in [7, 11) is 1.92. The van der Waals surface area contributed by atoms with E-state index in [0.717, 1.165) is 23.2 Å². The predicted molar refractivity (Wildman–Crippen MR) is 77.8 cm³/mol. The first-order valence-corrected chi connectivity index (χ1v) is 6.36. The molecule has 0 amide bonds. The van der Waals surface area contributed by atoms with Crippen molar-refractivity contribution >= 4 is 5.69 Å². The van der Waals surface area contributed by atoms with E-state index in [0.29, 0.717) is 0 Å². The number of aryl methyl sites for hydroxylation is 1. The van der Waals surface area contributed by atoms with Gasteiger partial charge in [0.2, 0.25) is 0 Å². The Bertz CT molecular complexity index is 438. The molecule has 0 fully saturated rings. The van der Waals surface area contributed by atoms with Crippen LogP contribution in [0, 0.1) is 0 Å². The molecule has 0 heterocycles. The Morgan fingerprint density at radius 3 is 1.89 bits per heavy atom. The average Bonchev–Trinajstić information content (AvgIpc) is 2.47. The van der Waals surface area contributed by atoms with Crippen LogP contribution in [0.25, 0.3) is 0 Å². The van der Waals surface area contributed by atoms with Gasteiger partial charge in [0.15, 0.2) is 0 Å². The number of benzene rings is 2. The van der Waals surface area contributed by atoms with Crippen LogP contribution in [-0.4, -0.2) is 7.05 Å². The summed E-state index contributed by atoms with van der Waals surface area (Å²) < 4.78 is 0. The van der Waals surface area contributed by atoms with Crippen LogP contribution in [0.15, 0.2) is 48.5 Å². The minimum atomic E-state index is -0.0539. The van der Waals surface area contributed by atoms with Gasteiger partial charge in [0.25, 0.3) is 0 Å². The number of anilines is 1. The SMILES string of the molecule is CCc1ccc(C(N)c2ccc(NC)cc2)cc1. The second-order valence-electron chi connectivity index (χ2n) is 4.44. The van der Waals surface area contributed by atoms with E-state index in [-0.39, 0.29) is 6.04 Å². The molecular formula is C16H20N2. The van der Waals surface area contributed by atoms with E-state index in [9.17, 15) is 0 Å². The summed E-state index contributed by atoms with van der Waals surface area (Å²) in [6.45, 7) is 2.16. The molecule has 94 valence electrons. The Kier molecular flexibility index (Phi) is 4.00. The van der Waals surface area contributed by atoms with Crippen molar-refractivity contribution in [3.8, 4) is 0 Å². The summed E-state index contributed by atoms with van der Waals surface area (Å²) in [5, 5.41) is 3.11. The highest BCUT2D eigenvalue weighted by molar-refractivity contribution is 5.45. The maximum Gasteiger partial charge on any atom is 0.0551 e. The van der Waals surface area contributed by atoms with Crippen LogP contribution >= 0.6 is 0 Å². The Balaban J connectivity index is 2.20. The van der Waals surface area contributed by atoms with Crippen LogP contribution in [0.5, 0.6) is 0 Å². The molecule has 0 spiro atoms. The van der Waals surface area contributed by atoms with Crippen LogP contribution in [0.3, 0.4) is 0 Å². The molecule has 0 saturated carbocycles. The highest BCUT2D eigenvalue weighted by Crippen LogP contribution is 2.21. The minimum Gasteiger partial charge on any atom is -0.388 e. The Morgan fingerprint density at radius 2 is 1.44 bits per heavy atom. The fourth-order valence-corrected chi connectivity index (χ4v) is 2.01. The molecule has 2 heteroatoms. The second-order valence-corrected chi connectivity index (χ2v) is 4.44. The zero-order chi connectivity index (χ0) is 13.0. The third kappa shape index (κ3) is 2.71. The van der Waals surface area contributed by atoms with Gasteiger partial charge in [-0.2, -0.15) is 0 Å². The number of nitrogens with one attached hydrogen (secondary N) is 1. The van der Waals surface area contributed by atoms with Gasteiger partial charge in [0.1, 0.15) is 0 Å². The lowest BCUT2D eigenvalue weighted by Crippen LogP contribution is -2.11. The van der Waals surface area contributed by atoms with Gasteiger partial charge in [0, 0.05) is 12.7 Å². The third-order valence-corrected chi connectivity index (χ3v) is 3.31.